The van der Waals surface area contributed by atoms with Crippen molar-refractivity contribution in [2.45, 2.75) is 71.6 Å². The summed E-state index contributed by atoms with van der Waals surface area (Å²) < 4.78 is 28.9. The molecule has 182 valence electrons. The molecule has 0 unspecified atom stereocenters. The number of aromatic nitrogens is 4. The molecule has 35 heavy (non-hydrogen) atoms. The van der Waals surface area contributed by atoms with E-state index in [0.29, 0.717) is 17.8 Å². The van der Waals surface area contributed by atoms with Crippen molar-refractivity contribution in [3.05, 3.63) is 70.9 Å². The Morgan fingerprint density at radius 2 is 1.83 bits per heavy atom. The van der Waals surface area contributed by atoms with Crippen LogP contribution in [0, 0.1) is 22.5 Å². The topological polar surface area (TPSA) is 68.6 Å². The van der Waals surface area contributed by atoms with Crippen molar-refractivity contribution in [1.29, 1.82) is 0 Å². The number of fused-ring (bicyclic) bond motifs is 5. The van der Waals surface area contributed by atoms with Crippen molar-refractivity contribution < 1.29 is 13.6 Å². The van der Waals surface area contributed by atoms with Crippen LogP contribution in [0.2, 0.25) is 0 Å². The molecule has 7 heteroatoms. The Bertz CT molecular complexity index is 1310. The third-order valence-corrected chi connectivity index (χ3v) is 8.06. The number of hydrogen-bond donors (Lipinski definition) is 0. The van der Waals surface area contributed by atoms with Crippen LogP contribution in [-0.4, -0.2) is 25.9 Å². The zero-order valence-electron chi connectivity index (χ0n) is 20.8. The lowest BCUT2D eigenvalue weighted by Crippen LogP contribution is -2.38. The molecule has 0 N–H and O–H groups in total. The standard InChI is InChI=1S/C28H30F2N4O/c1-26(2,3)11-10-22(35)21-14-31-15-23(32-21)28-12-9-17(27(28,4)5)16-13-20(33-34-25(16)28)24-18(29)7-6-8-19(24)30/h6-8,13-15,17H,9-12H2,1-5H3/t17-,28-/m0/s1. The zero-order valence-corrected chi connectivity index (χ0v) is 20.8. The van der Waals surface area contributed by atoms with Gasteiger partial charge < -0.3 is 0 Å². The van der Waals surface area contributed by atoms with Gasteiger partial charge in [0.15, 0.2) is 5.78 Å². The molecular formula is C28H30F2N4O. The molecule has 1 aromatic carbocycles. The van der Waals surface area contributed by atoms with E-state index >= 15 is 0 Å². The van der Waals surface area contributed by atoms with Gasteiger partial charge in [0, 0.05) is 12.6 Å². The minimum absolute atomic E-state index is 0.0206. The lowest BCUT2D eigenvalue weighted by Gasteiger charge is -2.37. The molecule has 2 heterocycles. The van der Waals surface area contributed by atoms with E-state index in [2.05, 4.69) is 49.8 Å². The maximum atomic E-state index is 14.5. The molecule has 2 bridgehead atoms. The molecule has 0 aliphatic heterocycles. The molecule has 0 radical (unpaired) electrons. The van der Waals surface area contributed by atoms with E-state index in [4.69, 9.17) is 4.98 Å². The first-order valence-corrected chi connectivity index (χ1v) is 12.1. The number of halogens is 2. The highest BCUT2D eigenvalue weighted by atomic mass is 19.1. The van der Waals surface area contributed by atoms with Crippen LogP contribution in [0.5, 0.6) is 0 Å². The summed E-state index contributed by atoms with van der Waals surface area (Å²) in [6.07, 6.45) is 6.12. The number of nitrogens with zero attached hydrogens (tertiary/aromatic N) is 4. The van der Waals surface area contributed by atoms with E-state index in [1.54, 1.807) is 12.3 Å². The summed E-state index contributed by atoms with van der Waals surface area (Å²) in [6, 6.07) is 5.57. The van der Waals surface area contributed by atoms with Gasteiger partial charge >= 0.3 is 0 Å². The smallest absolute Gasteiger partial charge is 0.182 e. The number of hydrogen-bond acceptors (Lipinski definition) is 5. The molecule has 1 saturated carbocycles. The van der Waals surface area contributed by atoms with Gasteiger partial charge in [0.25, 0.3) is 0 Å². The summed E-state index contributed by atoms with van der Waals surface area (Å²) in [6.45, 7) is 10.7. The second kappa shape index (κ2) is 7.97. The second-order valence-electron chi connectivity index (χ2n) is 11.6. The molecule has 2 aliphatic carbocycles. The van der Waals surface area contributed by atoms with Crippen LogP contribution in [-0.2, 0) is 5.41 Å². The number of rotatable bonds is 5. The minimum atomic E-state index is -0.663. The van der Waals surface area contributed by atoms with Gasteiger partial charge in [-0.2, -0.15) is 5.10 Å². The fourth-order valence-electron chi connectivity index (χ4n) is 6.08. The van der Waals surface area contributed by atoms with Gasteiger partial charge in [-0.3, -0.25) is 9.78 Å². The normalized spacial score (nSPS) is 22.3. The molecule has 5 rings (SSSR count). The van der Waals surface area contributed by atoms with E-state index < -0.39 is 17.0 Å². The zero-order chi connectivity index (χ0) is 25.2. The van der Waals surface area contributed by atoms with Gasteiger partial charge in [-0.1, -0.05) is 40.7 Å². The van der Waals surface area contributed by atoms with Gasteiger partial charge in [0.1, 0.15) is 17.3 Å². The van der Waals surface area contributed by atoms with Gasteiger partial charge in [0.2, 0.25) is 0 Å². The van der Waals surface area contributed by atoms with Crippen molar-refractivity contribution in [1.82, 2.24) is 20.2 Å². The Hall–Kier alpha value is -3.09. The second-order valence-corrected chi connectivity index (χ2v) is 11.6. The Balaban J connectivity index is 1.59. The number of Topliss-reactive ketones (excluding diaryl/α,β-unsaturated/α-hetero) is 1. The van der Waals surface area contributed by atoms with E-state index in [9.17, 15) is 13.6 Å². The van der Waals surface area contributed by atoms with Crippen molar-refractivity contribution >= 4 is 5.78 Å². The van der Waals surface area contributed by atoms with Crippen LogP contribution in [0.1, 0.15) is 93.7 Å². The Kier molecular flexibility index (Phi) is 5.38. The Morgan fingerprint density at radius 3 is 2.51 bits per heavy atom. The SMILES string of the molecule is CC(C)(C)CCC(=O)c1cncc([C@@]23CC[C@@H](c4cc(-c5c(F)cccc5F)nnc42)C3(C)C)n1. The van der Waals surface area contributed by atoms with E-state index in [1.807, 2.05) is 0 Å². The third-order valence-electron chi connectivity index (χ3n) is 8.06. The molecule has 0 saturated heterocycles. The molecule has 1 fully saturated rings. The lowest BCUT2D eigenvalue weighted by molar-refractivity contribution is 0.0959. The lowest BCUT2D eigenvalue weighted by atomic mass is 9.66. The van der Waals surface area contributed by atoms with Crippen molar-refractivity contribution in [2.24, 2.45) is 10.8 Å². The summed E-state index contributed by atoms with van der Waals surface area (Å²) in [5.74, 6) is -1.22. The van der Waals surface area contributed by atoms with Gasteiger partial charge in [-0.25, -0.2) is 13.8 Å². The number of carbonyl (C=O) groups excluding carboxylic acids is 1. The molecule has 5 nitrogen and oxygen atoms in total. The molecule has 0 spiro atoms. The van der Waals surface area contributed by atoms with Crippen LogP contribution >= 0.6 is 0 Å². The van der Waals surface area contributed by atoms with Gasteiger partial charge in [0.05, 0.1) is 34.3 Å². The first kappa shape index (κ1) is 23.6. The largest absolute Gasteiger partial charge is 0.292 e. The third kappa shape index (κ3) is 3.58. The Labute approximate surface area is 204 Å². The number of ketones is 1. The molecule has 3 aromatic rings. The van der Waals surface area contributed by atoms with Crippen molar-refractivity contribution in [2.75, 3.05) is 0 Å². The molecular weight excluding hydrogens is 446 g/mol. The van der Waals surface area contributed by atoms with E-state index in [0.717, 1.165) is 30.5 Å². The quantitative estimate of drug-likeness (QED) is 0.397. The predicted octanol–water partition coefficient (Wildman–Crippen LogP) is 6.42. The molecule has 0 amide bonds. The van der Waals surface area contributed by atoms with Gasteiger partial charge in [-0.15, -0.1) is 5.10 Å². The summed E-state index contributed by atoms with van der Waals surface area (Å²) in [5.41, 5.74) is 2.02. The Morgan fingerprint density at radius 1 is 1.11 bits per heavy atom. The maximum absolute atomic E-state index is 14.5. The predicted molar refractivity (Wildman–Crippen MR) is 129 cm³/mol. The number of carbonyl (C=O) groups is 1. The summed E-state index contributed by atoms with van der Waals surface area (Å²) in [5, 5.41) is 8.82. The average Bonchev–Trinajstić information content (AvgIpc) is 3.18. The highest BCUT2D eigenvalue weighted by molar-refractivity contribution is 5.94. The minimum Gasteiger partial charge on any atom is -0.292 e. The summed E-state index contributed by atoms with van der Waals surface area (Å²) in [7, 11) is 0. The summed E-state index contributed by atoms with van der Waals surface area (Å²) in [4.78, 5) is 22.2. The van der Waals surface area contributed by atoms with Crippen LogP contribution < -0.4 is 0 Å². The molecule has 2 aromatic heterocycles. The monoisotopic (exact) mass is 476 g/mol. The van der Waals surface area contributed by atoms with Gasteiger partial charge in [-0.05, 0) is 59.8 Å². The van der Waals surface area contributed by atoms with Crippen LogP contribution in [0.15, 0.2) is 36.7 Å². The van der Waals surface area contributed by atoms with Crippen molar-refractivity contribution in [3.63, 3.8) is 0 Å². The first-order valence-electron chi connectivity index (χ1n) is 12.1. The van der Waals surface area contributed by atoms with E-state index in [1.165, 1.54) is 24.4 Å². The average molecular weight is 477 g/mol. The fraction of sp³-hybridized carbons (Fsp3) is 0.464. The molecule has 2 atom stereocenters. The van der Waals surface area contributed by atoms with E-state index in [-0.39, 0.29) is 33.8 Å². The number of benzene rings is 1. The van der Waals surface area contributed by atoms with Crippen LogP contribution in [0.3, 0.4) is 0 Å². The van der Waals surface area contributed by atoms with Crippen molar-refractivity contribution in [3.8, 4) is 11.3 Å². The maximum Gasteiger partial charge on any atom is 0.182 e. The van der Waals surface area contributed by atoms with Crippen LogP contribution in [0.25, 0.3) is 11.3 Å². The van der Waals surface area contributed by atoms with Crippen LogP contribution in [0.4, 0.5) is 8.78 Å². The highest BCUT2D eigenvalue weighted by Crippen LogP contribution is 2.69. The summed E-state index contributed by atoms with van der Waals surface area (Å²) >= 11 is 0. The molecule has 2 aliphatic rings. The fourth-order valence-corrected chi connectivity index (χ4v) is 6.08. The highest BCUT2D eigenvalue weighted by Gasteiger charge is 2.65. The first-order chi connectivity index (χ1) is 16.5.